The molecule has 0 saturated heterocycles. The summed E-state index contributed by atoms with van der Waals surface area (Å²) in [5.41, 5.74) is 2.59. The largest absolute Gasteiger partial charge is 0.478 e. The van der Waals surface area contributed by atoms with Gasteiger partial charge in [-0.1, -0.05) is 23.8 Å². The summed E-state index contributed by atoms with van der Waals surface area (Å²) < 4.78 is 5.43. The molecule has 1 aromatic carbocycles. The van der Waals surface area contributed by atoms with Gasteiger partial charge in [-0.2, -0.15) is 0 Å². The van der Waals surface area contributed by atoms with Gasteiger partial charge in [-0.15, -0.1) is 0 Å². The van der Waals surface area contributed by atoms with E-state index in [9.17, 15) is 4.79 Å². The van der Waals surface area contributed by atoms with Crippen molar-refractivity contribution in [1.82, 2.24) is 10.3 Å². The van der Waals surface area contributed by atoms with E-state index in [1.807, 2.05) is 44.2 Å². The minimum atomic E-state index is -0.0972. The summed E-state index contributed by atoms with van der Waals surface area (Å²) in [6.07, 6.45) is 1.68. The molecule has 1 N–H and O–H groups in total. The Kier molecular flexibility index (Phi) is 4.71. The van der Waals surface area contributed by atoms with Crippen LogP contribution in [0.2, 0.25) is 0 Å². The molecule has 104 valence electrons. The first-order valence-corrected chi connectivity index (χ1v) is 6.62. The van der Waals surface area contributed by atoms with Gasteiger partial charge in [0, 0.05) is 23.9 Å². The zero-order valence-electron chi connectivity index (χ0n) is 11.7. The van der Waals surface area contributed by atoms with Crippen molar-refractivity contribution < 1.29 is 9.53 Å². The lowest BCUT2D eigenvalue weighted by Gasteiger charge is -2.10. The molecule has 2 rings (SSSR count). The maximum atomic E-state index is 12.1. The number of carbonyl (C=O) groups excluding carboxylic acids is 1. The van der Waals surface area contributed by atoms with Crippen LogP contribution in [0.4, 0.5) is 0 Å². The van der Waals surface area contributed by atoms with Crippen LogP contribution >= 0.6 is 0 Å². The lowest BCUT2D eigenvalue weighted by molar-refractivity contribution is 0.0950. The van der Waals surface area contributed by atoms with Crippen LogP contribution in [0.15, 0.2) is 42.6 Å². The molecule has 0 atom stereocenters. The van der Waals surface area contributed by atoms with Crippen LogP contribution in [0.25, 0.3) is 0 Å². The highest BCUT2D eigenvalue weighted by molar-refractivity contribution is 5.94. The van der Waals surface area contributed by atoms with Crippen molar-refractivity contribution in [3.8, 4) is 5.88 Å². The Morgan fingerprint density at radius 1 is 1.30 bits per heavy atom. The second-order valence-corrected chi connectivity index (χ2v) is 4.45. The average Bonchev–Trinajstić information content (AvgIpc) is 2.46. The highest BCUT2D eigenvalue weighted by Gasteiger charge is 2.08. The maximum Gasteiger partial charge on any atom is 0.251 e. The van der Waals surface area contributed by atoms with Crippen LogP contribution in [0.3, 0.4) is 0 Å². The Labute approximate surface area is 118 Å². The van der Waals surface area contributed by atoms with Crippen molar-refractivity contribution >= 4 is 5.91 Å². The predicted octanol–water partition coefficient (Wildman–Crippen LogP) is 2.72. The number of hydrogen-bond acceptors (Lipinski definition) is 3. The van der Waals surface area contributed by atoms with E-state index < -0.39 is 0 Å². The summed E-state index contributed by atoms with van der Waals surface area (Å²) in [7, 11) is 0. The van der Waals surface area contributed by atoms with E-state index in [1.165, 1.54) is 0 Å². The quantitative estimate of drug-likeness (QED) is 0.908. The minimum absolute atomic E-state index is 0.0972. The second-order valence-electron chi connectivity index (χ2n) is 4.45. The van der Waals surface area contributed by atoms with Gasteiger partial charge in [0.05, 0.1) is 6.61 Å². The van der Waals surface area contributed by atoms with E-state index in [0.29, 0.717) is 24.6 Å². The van der Waals surface area contributed by atoms with Gasteiger partial charge in [0.15, 0.2) is 0 Å². The van der Waals surface area contributed by atoms with Gasteiger partial charge >= 0.3 is 0 Å². The summed E-state index contributed by atoms with van der Waals surface area (Å²) in [6.45, 7) is 4.82. The normalized spacial score (nSPS) is 10.1. The van der Waals surface area contributed by atoms with E-state index in [4.69, 9.17) is 4.74 Å². The molecule has 0 aliphatic rings. The van der Waals surface area contributed by atoms with Crippen molar-refractivity contribution in [1.29, 1.82) is 0 Å². The molecule has 2 aromatic rings. The van der Waals surface area contributed by atoms with Crippen LogP contribution < -0.4 is 10.1 Å². The third-order valence-corrected chi connectivity index (χ3v) is 2.85. The first-order valence-electron chi connectivity index (χ1n) is 6.62. The van der Waals surface area contributed by atoms with Crippen LogP contribution in [-0.2, 0) is 6.54 Å². The van der Waals surface area contributed by atoms with Gasteiger partial charge in [0.25, 0.3) is 5.91 Å². The topological polar surface area (TPSA) is 51.2 Å². The van der Waals surface area contributed by atoms with Gasteiger partial charge in [-0.3, -0.25) is 4.79 Å². The Balaban J connectivity index is 2.03. The molecule has 1 heterocycles. The highest BCUT2D eigenvalue weighted by atomic mass is 16.5. The summed E-state index contributed by atoms with van der Waals surface area (Å²) in [4.78, 5) is 16.2. The lowest BCUT2D eigenvalue weighted by atomic mass is 10.1. The van der Waals surface area contributed by atoms with Gasteiger partial charge in [-0.05, 0) is 32.0 Å². The molecule has 0 unspecified atom stereocenters. The number of hydrogen-bond donors (Lipinski definition) is 1. The number of pyridine rings is 1. The zero-order chi connectivity index (χ0) is 14.4. The molecule has 0 radical (unpaired) electrons. The number of benzene rings is 1. The molecule has 0 bridgehead atoms. The summed E-state index contributed by atoms with van der Waals surface area (Å²) in [5.74, 6) is 0.472. The third-order valence-electron chi connectivity index (χ3n) is 2.85. The first-order chi connectivity index (χ1) is 9.70. The number of rotatable bonds is 5. The number of aryl methyl sites for hydroxylation is 1. The molecule has 1 aromatic heterocycles. The molecule has 0 fully saturated rings. The fourth-order valence-electron chi connectivity index (χ4n) is 1.89. The van der Waals surface area contributed by atoms with Crippen molar-refractivity contribution in [3.05, 3.63) is 59.3 Å². The minimum Gasteiger partial charge on any atom is -0.478 e. The van der Waals surface area contributed by atoms with Gasteiger partial charge < -0.3 is 10.1 Å². The van der Waals surface area contributed by atoms with Crippen LogP contribution in [0, 0.1) is 6.92 Å². The number of carbonyl (C=O) groups is 1. The second kappa shape index (κ2) is 6.70. The number of nitrogens with one attached hydrogen (secondary N) is 1. The molecular formula is C16H18N2O2. The summed E-state index contributed by atoms with van der Waals surface area (Å²) >= 11 is 0. The van der Waals surface area contributed by atoms with Crippen molar-refractivity contribution in [2.45, 2.75) is 20.4 Å². The monoisotopic (exact) mass is 270 g/mol. The van der Waals surface area contributed by atoms with E-state index in [-0.39, 0.29) is 5.91 Å². The highest BCUT2D eigenvalue weighted by Crippen LogP contribution is 2.14. The van der Waals surface area contributed by atoms with E-state index in [1.54, 1.807) is 12.3 Å². The molecule has 4 nitrogen and oxygen atoms in total. The van der Waals surface area contributed by atoms with Crippen molar-refractivity contribution in [2.75, 3.05) is 6.61 Å². The molecule has 0 spiro atoms. The molecule has 4 heteroatoms. The van der Waals surface area contributed by atoms with E-state index in [0.717, 1.165) is 11.1 Å². The number of ether oxygens (including phenoxy) is 1. The number of aromatic nitrogens is 1. The maximum absolute atomic E-state index is 12.1. The standard InChI is InChI=1S/C16H18N2O2/c1-3-20-16-14(8-5-9-17-16)11-18-15(19)13-7-4-6-12(2)10-13/h4-10H,3,11H2,1-2H3,(H,18,19). The smallest absolute Gasteiger partial charge is 0.251 e. The molecule has 0 aliphatic heterocycles. The lowest BCUT2D eigenvalue weighted by Crippen LogP contribution is -2.23. The SMILES string of the molecule is CCOc1ncccc1CNC(=O)c1cccc(C)c1. The molecular weight excluding hydrogens is 252 g/mol. The number of amides is 1. The molecule has 0 aliphatic carbocycles. The van der Waals surface area contributed by atoms with Gasteiger partial charge in [-0.25, -0.2) is 4.98 Å². The Bertz CT molecular complexity index is 597. The third kappa shape index (κ3) is 3.57. The molecule has 20 heavy (non-hydrogen) atoms. The van der Waals surface area contributed by atoms with Crippen molar-refractivity contribution in [2.24, 2.45) is 0 Å². The predicted molar refractivity (Wildman–Crippen MR) is 77.8 cm³/mol. The number of nitrogens with zero attached hydrogens (tertiary/aromatic N) is 1. The van der Waals surface area contributed by atoms with E-state index in [2.05, 4.69) is 10.3 Å². The average molecular weight is 270 g/mol. The molecule has 0 saturated carbocycles. The van der Waals surface area contributed by atoms with Crippen LogP contribution in [0.1, 0.15) is 28.4 Å². The fourth-order valence-corrected chi connectivity index (χ4v) is 1.89. The van der Waals surface area contributed by atoms with Gasteiger partial charge in [0.2, 0.25) is 5.88 Å². The van der Waals surface area contributed by atoms with E-state index >= 15 is 0 Å². The van der Waals surface area contributed by atoms with Crippen LogP contribution in [-0.4, -0.2) is 17.5 Å². The molecule has 1 amide bonds. The van der Waals surface area contributed by atoms with Gasteiger partial charge in [0.1, 0.15) is 0 Å². The summed E-state index contributed by atoms with van der Waals surface area (Å²) in [6, 6.07) is 11.2. The summed E-state index contributed by atoms with van der Waals surface area (Å²) in [5, 5.41) is 2.88. The van der Waals surface area contributed by atoms with Crippen LogP contribution in [0.5, 0.6) is 5.88 Å². The Morgan fingerprint density at radius 2 is 2.15 bits per heavy atom. The Hall–Kier alpha value is -2.36. The first kappa shape index (κ1) is 14.1. The fraction of sp³-hybridized carbons (Fsp3) is 0.250. The Morgan fingerprint density at radius 3 is 2.90 bits per heavy atom. The van der Waals surface area contributed by atoms with Crippen molar-refractivity contribution in [3.63, 3.8) is 0 Å². The zero-order valence-corrected chi connectivity index (χ0v) is 11.7.